The third-order valence-electron chi connectivity index (χ3n) is 3.67. The molecular formula is C20H20F2O4. The molecule has 2 aromatic rings. The van der Waals surface area contributed by atoms with E-state index in [9.17, 15) is 18.4 Å². The minimum atomic E-state index is -0.484. The van der Waals surface area contributed by atoms with Gasteiger partial charge in [-0.1, -0.05) is 24.3 Å². The van der Waals surface area contributed by atoms with E-state index >= 15 is 0 Å². The van der Waals surface area contributed by atoms with Crippen LogP contribution in [0.2, 0.25) is 0 Å². The Hall–Kier alpha value is -2.76. The molecule has 4 nitrogen and oxygen atoms in total. The molecule has 0 saturated heterocycles. The number of rotatable bonds is 9. The zero-order valence-electron chi connectivity index (χ0n) is 14.3. The van der Waals surface area contributed by atoms with E-state index in [1.54, 1.807) is 24.3 Å². The molecule has 6 heteroatoms. The Morgan fingerprint density at radius 1 is 0.654 bits per heavy atom. The predicted octanol–water partition coefficient (Wildman–Crippen LogP) is 3.62. The van der Waals surface area contributed by atoms with Gasteiger partial charge < -0.3 is 9.47 Å². The van der Waals surface area contributed by atoms with E-state index in [1.165, 1.54) is 24.3 Å². The number of carbonyl (C=O) groups is 2. The summed E-state index contributed by atoms with van der Waals surface area (Å²) in [5.41, 5.74) is 1.72. The first kappa shape index (κ1) is 19.6. The molecule has 0 fully saturated rings. The lowest BCUT2D eigenvalue weighted by Crippen LogP contribution is -2.13. The largest absolute Gasteiger partial charge is 0.465 e. The molecule has 0 aliphatic heterocycles. The van der Waals surface area contributed by atoms with Gasteiger partial charge in [0.2, 0.25) is 0 Å². The molecular weight excluding hydrogens is 342 g/mol. The first-order chi connectivity index (χ1) is 12.5. The minimum absolute atomic E-state index is 0.0567. The molecule has 0 aliphatic carbocycles. The van der Waals surface area contributed by atoms with Crippen molar-refractivity contribution in [2.24, 2.45) is 0 Å². The number of esters is 2. The second kappa shape index (κ2) is 10.3. The van der Waals surface area contributed by atoms with Gasteiger partial charge in [0.1, 0.15) is 11.6 Å². The molecule has 0 heterocycles. The normalized spacial score (nSPS) is 10.4. The average Bonchev–Trinajstić information content (AvgIpc) is 2.63. The number of benzene rings is 2. The van der Waals surface area contributed by atoms with Crippen LogP contribution in [0.1, 0.15) is 24.0 Å². The Morgan fingerprint density at radius 2 is 1.00 bits per heavy atom. The molecule has 0 saturated carbocycles. The lowest BCUT2D eigenvalue weighted by atomic mass is 10.1. The molecule has 0 unspecified atom stereocenters. The molecule has 0 radical (unpaired) electrons. The average molecular weight is 362 g/mol. The molecule has 0 aliphatic rings. The van der Waals surface area contributed by atoms with E-state index < -0.39 is 11.9 Å². The maximum Gasteiger partial charge on any atom is 0.306 e. The summed E-state index contributed by atoms with van der Waals surface area (Å²) in [7, 11) is 0. The van der Waals surface area contributed by atoms with Crippen molar-refractivity contribution in [2.75, 3.05) is 13.2 Å². The molecule has 0 atom stereocenters. The van der Waals surface area contributed by atoms with Crippen molar-refractivity contribution in [1.29, 1.82) is 0 Å². The quantitative estimate of drug-likeness (QED) is 0.640. The highest BCUT2D eigenvalue weighted by molar-refractivity contribution is 5.77. The third-order valence-corrected chi connectivity index (χ3v) is 3.67. The van der Waals surface area contributed by atoms with Crippen LogP contribution in [0.15, 0.2) is 48.5 Å². The van der Waals surface area contributed by atoms with E-state index in [2.05, 4.69) is 0 Å². The van der Waals surface area contributed by atoms with Crippen LogP contribution in [0, 0.1) is 11.6 Å². The molecule has 0 spiro atoms. The van der Waals surface area contributed by atoms with E-state index in [0.29, 0.717) is 12.8 Å². The van der Waals surface area contributed by atoms with Crippen molar-refractivity contribution in [3.8, 4) is 0 Å². The number of carbonyl (C=O) groups excluding carboxylic acids is 2. The van der Waals surface area contributed by atoms with Gasteiger partial charge in [-0.2, -0.15) is 0 Å². The predicted molar refractivity (Wildman–Crippen MR) is 91.4 cm³/mol. The molecule has 0 bridgehead atoms. The molecule has 26 heavy (non-hydrogen) atoms. The highest BCUT2D eigenvalue weighted by Crippen LogP contribution is 2.06. The van der Waals surface area contributed by atoms with Gasteiger partial charge in [-0.3, -0.25) is 9.59 Å². The molecule has 0 amide bonds. The molecule has 2 aromatic carbocycles. The van der Waals surface area contributed by atoms with Gasteiger partial charge in [0, 0.05) is 12.8 Å². The second-order valence-electron chi connectivity index (χ2n) is 5.69. The zero-order chi connectivity index (χ0) is 18.8. The van der Waals surface area contributed by atoms with Crippen molar-refractivity contribution in [3.05, 3.63) is 71.3 Å². The lowest BCUT2D eigenvalue weighted by molar-refractivity contribution is -0.150. The van der Waals surface area contributed by atoms with E-state index in [1.807, 2.05) is 0 Å². The minimum Gasteiger partial charge on any atom is -0.465 e. The van der Waals surface area contributed by atoms with E-state index in [4.69, 9.17) is 9.47 Å². The Kier molecular flexibility index (Phi) is 7.74. The van der Waals surface area contributed by atoms with Gasteiger partial charge in [-0.25, -0.2) is 8.78 Å². The maximum absolute atomic E-state index is 12.8. The SMILES string of the molecule is O=C(CCC(=O)OCCc1ccc(F)cc1)OCCc1ccc(F)cc1. The van der Waals surface area contributed by atoms with Crippen LogP contribution in [-0.4, -0.2) is 25.2 Å². The standard InChI is InChI=1S/C20H20F2O4/c21-17-5-1-15(2-6-17)11-13-25-19(23)9-10-20(24)26-14-12-16-3-7-18(22)8-4-16/h1-8H,9-14H2. The van der Waals surface area contributed by atoms with Crippen LogP contribution in [0.3, 0.4) is 0 Å². The Balaban J connectivity index is 1.55. The Morgan fingerprint density at radius 3 is 1.35 bits per heavy atom. The summed E-state index contributed by atoms with van der Waals surface area (Å²) in [4.78, 5) is 23.2. The fraction of sp³-hybridized carbons (Fsp3) is 0.300. The molecule has 2 rings (SSSR count). The van der Waals surface area contributed by atoms with Crippen LogP contribution in [-0.2, 0) is 31.9 Å². The summed E-state index contributed by atoms with van der Waals surface area (Å²) in [5.74, 6) is -1.60. The second-order valence-corrected chi connectivity index (χ2v) is 5.69. The number of hydrogen-bond acceptors (Lipinski definition) is 4. The molecule has 0 N–H and O–H groups in total. The van der Waals surface area contributed by atoms with Crippen LogP contribution in [0.4, 0.5) is 8.78 Å². The fourth-order valence-corrected chi connectivity index (χ4v) is 2.22. The Labute approximate surface area is 150 Å². The number of halogens is 2. The summed E-state index contributed by atoms with van der Waals surface area (Å²) in [6, 6.07) is 11.9. The highest BCUT2D eigenvalue weighted by Gasteiger charge is 2.09. The van der Waals surface area contributed by atoms with Crippen molar-refractivity contribution in [1.82, 2.24) is 0 Å². The summed E-state index contributed by atoms with van der Waals surface area (Å²) in [5, 5.41) is 0. The van der Waals surface area contributed by atoms with Gasteiger partial charge in [0.05, 0.1) is 26.1 Å². The van der Waals surface area contributed by atoms with Crippen molar-refractivity contribution in [2.45, 2.75) is 25.7 Å². The van der Waals surface area contributed by atoms with Gasteiger partial charge in [0.25, 0.3) is 0 Å². The van der Waals surface area contributed by atoms with E-state index in [-0.39, 0.29) is 37.7 Å². The van der Waals surface area contributed by atoms with Gasteiger partial charge >= 0.3 is 11.9 Å². The number of hydrogen-bond donors (Lipinski definition) is 0. The summed E-state index contributed by atoms with van der Waals surface area (Å²) >= 11 is 0. The smallest absolute Gasteiger partial charge is 0.306 e. The number of ether oxygens (including phenoxy) is 2. The molecule has 0 aromatic heterocycles. The highest BCUT2D eigenvalue weighted by atomic mass is 19.1. The first-order valence-electron chi connectivity index (χ1n) is 8.33. The Bertz CT molecular complexity index is 648. The van der Waals surface area contributed by atoms with Gasteiger partial charge in [-0.05, 0) is 35.4 Å². The van der Waals surface area contributed by atoms with E-state index in [0.717, 1.165) is 11.1 Å². The maximum atomic E-state index is 12.8. The fourth-order valence-electron chi connectivity index (χ4n) is 2.22. The lowest BCUT2D eigenvalue weighted by Gasteiger charge is -2.06. The summed E-state index contributed by atoms with van der Waals surface area (Å²) < 4.78 is 35.6. The summed E-state index contributed by atoms with van der Waals surface area (Å²) in [6.45, 7) is 0.341. The first-order valence-corrected chi connectivity index (χ1v) is 8.33. The van der Waals surface area contributed by atoms with Crippen LogP contribution in [0.5, 0.6) is 0 Å². The van der Waals surface area contributed by atoms with Crippen LogP contribution >= 0.6 is 0 Å². The van der Waals surface area contributed by atoms with Crippen molar-refractivity contribution in [3.63, 3.8) is 0 Å². The summed E-state index contributed by atoms with van der Waals surface area (Å²) in [6.07, 6.45) is 0.847. The van der Waals surface area contributed by atoms with Crippen molar-refractivity contribution >= 4 is 11.9 Å². The van der Waals surface area contributed by atoms with Gasteiger partial charge in [-0.15, -0.1) is 0 Å². The zero-order valence-corrected chi connectivity index (χ0v) is 14.3. The topological polar surface area (TPSA) is 52.6 Å². The van der Waals surface area contributed by atoms with Crippen LogP contribution in [0.25, 0.3) is 0 Å². The monoisotopic (exact) mass is 362 g/mol. The van der Waals surface area contributed by atoms with Crippen molar-refractivity contribution < 1.29 is 27.8 Å². The third kappa shape index (κ3) is 7.42. The van der Waals surface area contributed by atoms with Gasteiger partial charge in [0.15, 0.2) is 0 Å². The molecule has 138 valence electrons. The van der Waals surface area contributed by atoms with Crippen LogP contribution < -0.4 is 0 Å².